The predicted molar refractivity (Wildman–Crippen MR) is 63.0 cm³/mol. The summed E-state index contributed by atoms with van der Waals surface area (Å²) in [5, 5.41) is 0. The lowest BCUT2D eigenvalue weighted by atomic mass is 10.2. The molecule has 0 bridgehead atoms. The van der Waals surface area contributed by atoms with Crippen molar-refractivity contribution in [3.05, 3.63) is 29.8 Å². The fourth-order valence-electron chi connectivity index (χ4n) is 1.31. The van der Waals surface area contributed by atoms with Gasteiger partial charge in [0.15, 0.2) is 11.1 Å². The highest BCUT2D eigenvalue weighted by atomic mass is 32.2. The van der Waals surface area contributed by atoms with Crippen LogP contribution in [-0.2, 0) is 15.3 Å². The molecule has 0 saturated heterocycles. The molecule has 0 spiro atoms. The third-order valence-electron chi connectivity index (χ3n) is 2.16. The number of hydrogen-bond acceptors (Lipinski definition) is 2. The molecular formula is C12H18O2S. The summed E-state index contributed by atoms with van der Waals surface area (Å²) in [7, 11) is 0. The van der Waals surface area contributed by atoms with Crippen molar-refractivity contribution < 1.29 is 8.39 Å². The third-order valence-corrected chi connectivity index (χ3v) is 3.32. The van der Waals surface area contributed by atoms with Crippen LogP contribution in [0, 0.1) is 6.92 Å². The Balaban J connectivity index is 2.57. The second-order valence-electron chi connectivity index (χ2n) is 3.74. The van der Waals surface area contributed by atoms with Gasteiger partial charge >= 0.3 is 0 Å². The minimum absolute atomic E-state index is 0.0529. The minimum atomic E-state index is -1.32. The van der Waals surface area contributed by atoms with E-state index in [9.17, 15) is 4.21 Å². The van der Waals surface area contributed by atoms with Crippen LogP contribution in [-0.4, -0.2) is 10.3 Å². The van der Waals surface area contributed by atoms with Gasteiger partial charge in [0.2, 0.25) is 0 Å². The van der Waals surface area contributed by atoms with Crippen LogP contribution in [0.3, 0.4) is 0 Å². The van der Waals surface area contributed by atoms with Crippen molar-refractivity contribution in [3.8, 4) is 0 Å². The molecule has 2 nitrogen and oxygen atoms in total. The molecule has 2 atom stereocenters. The molecule has 2 unspecified atom stereocenters. The summed E-state index contributed by atoms with van der Waals surface area (Å²) >= 11 is -1.32. The largest absolute Gasteiger partial charge is 0.284 e. The lowest BCUT2D eigenvalue weighted by Crippen LogP contribution is -2.10. The molecule has 0 N–H and O–H groups in total. The Hall–Kier alpha value is -0.670. The molecule has 0 heterocycles. The molecule has 0 radical (unpaired) electrons. The SMILES string of the molecule is CCCC(C)OS(=O)c1ccc(C)cc1. The van der Waals surface area contributed by atoms with Crippen molar-refractivity contribution in [2.75, 3.05) is 0 Å². The number of benzene rings is 1. The minimum Gasteiger partial charge on any atom is -0.284 e. The molecule has 1 rings (SSSR count). The zero-order valence-electron chi connectivity index (χ0n) is 9.53. The van der Waals surface area contributed by atoms with E-state index in [-0.39, 0.29) is 6.10 Å². The monoisotopic (exact) mass is 226 g/mol. The maximum atomic E-state index is 11.7. The fourth-order valence-corrected chi connectivity index (χ4v) is 2.17. The zero-order chi connectivity index (χ0) is 11.3. The second-order valence-corrected chi connectivity index (χ2v) is 4.88. The van der Waals surface area contributed by atoms with Crippen LogP contribution in [0.25, 0.3) is 0 Å². The molecule has 0 saturated carbocycles. The van der Waals surface area contributed by atoms with E-state index in [0.29, 0.717) is 0 Å². The number of hydrogen-bond donors (Lipinski definition) is 0. The first-order chi connectivity index (χ1) is 7.13. The number of aryl methyl sites for hydroxylation is 1. The Morgan fingerprint density at radius 2 is 1.93 bits per heavy atom. The van der Waals surface area contributed by atoms with Crippen LogP contribution in [0.5, 0.6) is 0 Å². The zero-order valence-corrected chi connectivity index (χ0v) is 10.3. The predicted octanol–water partition coefficient (Wildman–Crippen LogP) is 3.22. The van der Waals surface area contributed by atoms with Crippen molar-refractivity contribution in [1.82, 2.24) is 0 Å². The maximum Gasteiger partial charge on any atom is 0.189 e. The van der Waals surface area contributed by atoms with E-state index in [4.69, 9.17) is 4.18 Å². The molecule has 0 aliphatic heterocycles. The average molecular weight is 226 g/mol. The average Bonchev–Trinajstić information content (AvgIpc) is 2.18. The highest BCUT2D eigenvalue weighted by Crippen LogP contribution is 2.12. The Kier molecular flexibility index (Phi) is 4.99. The van der Waals surface area contributed by atoms with Gasteiger partial charge in [-0.1, -0.05) is 31.0 Å². The molecule has 84 valence electrons. The first-order valence-electron chi connectivity index (χ1n) is 5.29. The van der Waals surface area contributed by atoms with Gasteiger partial charge in [-0.2, -0.15) is 0 Å². The van der Waals surface area contributed by atoms with Crippen LogP contribution in [0.2, 0.25) is 0 Å². The molecule has 1 aromatic rings. The van der Waals surface area contributed by atoms with E-state index in [2.05, 4.69) is 6.92 Å². The van der Waals surface area contributed by atoms with E-state index < -0.39 is 11.1 Å². The van der Waals surface area contributed by atoms with Crippen molar-refractivity contribution in [3.63, 3.8) is 0 Å². The van der Waals surface area contributed by atoms with Gasteiger partial charge in [0.05, 0.1) is 11.0 Å². The molecule has 0 fully saturated rings. The maximum absolute atomic E-state index is 11.7. The quantitative estimate of drug-likeness (QED) is 0.770. The molecule has 15 heavy (non-hydrogen) atoms. The molecule has 0 amide bonds. The summed E-state index contributed by atoms with van der Waals surface area (Å²) < 4.78 is 17.1. The highest BCUT2D eigenvalue weighted by Gasteiger charge is 2.09. The first kappa shape index (κ1) is 12.4. The summed E-state index contributed by atoms with van der Waals surface area (Å²) in [5.74, 6) is 0. The van der Waals surface area contributed by atoms with Crippen LogP contribution in [0.1, 0.15) is 32.3 Å². The number of rotatable bonds is 5. The lowest BCUT2D eigenvalue weighted by Gasteiger charge is -2.10. The van der Waals surface area contributed by atoms with Crippen molar-refractivity contribution in [2.45, 2.75) is 44.6 Å². The van der Waals surface area contributed by atoms with Crippen molar-refractivity contribution in [1.29, 1.82) is 0 Å². The van der Waals surface area contributed by atoms with Gasteiger partial charge < -0.3 is 0 Å². The summed E-state index contributed by atoms with van der Waals surface area (Å²) in [6, 6.07) is 7.59. The summed E-state index contributed by atoms with van der Waals surface area (Å²) in [6.07, 6.45) is 2.04. The van der Waals surface area contributed by atoms with Crippen molar-refractivity contribution >= 4 is 11.1 Å². The lowest BCUT2D eigenvalue weighted by molar-refractivity contribution is 0.234. The van der Waals surface area contributed by atoms with Crippen LogP contribution in [0.15, 0.2) is 29.2 Å². The van der Waals surface area contributed by atoms with Crippen LogP contribution < -0.4 is 0 Å². The van der Waals surface area contributed by atoms with Gasteiger partial charge in [-0.05, 0) is 32.4 Å². The van der Waals surface area contributed by atoms with Gasteiger partial charge in [0.1, 0.15) is 0 Å². The Morgan fingerprint density at radius 3 is 2.47 bits per heavy atom. The molecule has 0 aliphatic carbocycles. The van der Waals surface area contributed by atoms with Crippen LogP contribution in [0.4, 0.5) is 0 Å². The molecule has 0 aliphatic rings. The van der Waals surface area contributed by atoms with E-state index in [1.807, 2.05) is 38.1 Å². The molecule has 1 aromatic carbocycles. The smallest absolute Gasteiger partial charge is 0.189 e. The molecular weight excluding hydrogens is 208 g/mol. The fraction of sp³-hybridized carbons (Fsp3) is 0.500. The summed E-state index contributed by atoms with van der Waals surface area (Å²) in [5.41, 5.74) is 1.16. The first-order valence-corrected chi connectivity index (χ1v) is 6.36. The normalized spacial score (nSPS) is 14.9. The standard InChI is InChI=1S/C12H18O2S/c1-4-5-11(3)14-15(13)12-8-6-10(2)7-9-12/h6-9,11H,4-5H2,1-3H3. The summed E-state index contributed by atoms with van der Waals surface area (Å²) in [6.45, 7) is 6.05. The van der Waals surface area contributed by atoms with Gasteiger partial charge in [-0.25, -0.2) is 4.21 Å². The van der Waals surface area contributed by atoms with E-state index >= 15 is 0 Å². The van der Waals surface area contributed by atoms with E-state index in [0.717, 1.165) is 23.3 Å². The van der Waals surface area contributed by atoms with Gasteiger partial charge in [0, 0.05) is 0 Å². The van der Waals surface area contributed by atoms with Crippen molar-refractivity contribution in [2.24, 2.45) is 0 Å². The van der Waals surface area contributed by atoms with Gasteiger partial charge in [-0.3, -0.25) is 4.18 Å². The van der Waals surface area contributed by atoms with Gasteiger partial charge in [-0.15, -0.1) is 0 Å². The second kappa shape index (κ2) is 6.03. The molecule has 0 aromatic heterocycles. The summed E-state index contributed by atoms with van der Waals surface area (Å²) in [4.78, 5) is 0.739. The Morgan fingerprint density at radius 1 is 1.33 bits per heavy atom. The van der Waals surface area contributed by atoms with E-state index in [1.165, 1.54) is 0 Å². The topological polar surface area (TPSA) is 26.3 Å². The molecule has 3 heteroatoms. The Labute approximate surface area is 94.3 Å². The van der Waals surface area contributed by atoms with E-state index in [1.54, 1.807) is 0 Å². The van der Waals surface area contributed by atoms with Crippen LogP contribution >= 0.6 is 0 Å². The van der Waals surface area contributed by atoms with Gasteiger partial charge in [0.25, 0.3) is 0 Å². The Bertz CT molecular complexity index is 319. The highest BCUT2D eigenvalue weighted by molar-refractivity contribution is 7.80. The third kappa shape index (κ3) is 4.14.